The average Bonchev–Trinajstić information content (AvgIpc) is 2.54. The Labute approximate surface area is 129 Å². The lowest BCUT2D eigenvalue weighted by atomic mass is 10.3. The van der Waals surface area contributed by atoms with Crippen molar-refractivity contribution in [2.45, 2.75) is 13.0 Å². The maximum atomic E-state index is 11.9. The molecule has 4 heteroatoms. The van der Waals surface area contributed by atoms with E-state index in [1.807, 2.05) is 36.4 Å². The molecule has 2 aromatic carbocycles. The Morgan fingerprint density at radius 3 is 2.00 bits per heavy atom. The number of esters is 1. The summed E-state index contributed by atoms with van der Waals surface area (Å²) in [5.41, 5.74) is 0. The molecule has 0 saturated heterocycles. The van der Waals surface area contributed by atoms with E-state index in [4.69, 9.17) is 14.2 Å². The Balaban J connectivity index is 1.76. The Morgan fingerprint density at radius 2 is 1.45 bits per heavy atom. The first kappa shape index (κ1) is 15.8. The fraction of sp³-hybridized carbons (Fsp3) is 0.167. The zero-order valence-corrected chi connectivity index (χ0v) is 12.4. The Kier molecular flexibility index (Phi) is 5.74. The second-order valence-corrected chi connectivity index (χ2v) is 4.64. The molecule has 114 valence electrons. The molecule has 0 heterocycles. The van der Waals surface area contributed by atoms with Gasteiger partial charge in [-0.25, -0.2) is 4.79 Å². The third kappa shape index (κ3) is 5.07. The second kappa shape index (κ2) is 8.00. The van der Waals surface area contributed by atoms with E-state index in [2.05, 4.69) is 6.58 Å². The van der Waals surface area contributed by atoms with Gasteiger partial charge in [0.15, 0.2) is 6.10 Å². The molecule has 0 radical (unpaired) electrons. The molecule has 0 fully saturated rings. The maximum absolute atomic E-state index is 11.9. The highest BCUT2D eigenvalue weighted by atomic mass is 16.6. The lowest BCUT2D eigenvalue weighted by Crippen LogP contribution is -2.27. The summed E-state index contributed by atoms with van der Waals surface area (Å²) in [6, 6.07) is 18.1. The highest BCUT2D eigenvalue weighted by Crippen LogP contribution is 2.13. The van der Waals surface area contributed by atoms with E-state index >= 15 is 0 Å². The molecule has 0 amide bonds. The minimum Gasteiger partial charge on any atom is -0.460 e. The van der Waals surface area contributed by atoms with Gasteiger partial charge in [-0.2, -0.15) is 0 Å². The molecular formula is C18H18O4. The first-order valence-electron chi connectivity index (χ1n) is 6.94. The van der Waals surface area contributed by atoms with E-state index in [-0.39, 0.29) is 6.61 Å². The Bertz CT molecular complexity index is 607. The zero-order valence-electron chi connectivity index (χ0n) is 12.4. The molecule has 0 saturated carbocycles. The van der Waals surface area contributed by atoms with Crippen molar-refractivity contribution < 1.29 is 19.0 Å². The van der Waals surface area contributed by atoms with Crippen LogP contribution in [0.25, 0.3) is 0 Å². The van der Waals surface area contributed by atoms with Gasteiger partial charge in [0.2, 0.25) is 0 Å². The number of hydrogen-bond acceptors (Lipinski definition) is 4. The number of hydrogen-bond donors (Lipinski definition) is 0. The van der Waals surface area contributed by atoms with Crippen molar-refractivity contribution in [2.75, 3.05) is 6.61 Å². The van der Waals surface area contributed by atoms with Gasteiger partial charge in [0.05, 0.1) is 0 Å². The van der Waals surface area contributed by atoms with Crippen LogP contribution in [0.5, 0.6) is 11.5 Å². The smallest absolute Gasteiger partial charge is 0.340 e. The first-order valence-corrected chi connectivity index (χ1v) is 6.94. The number of rotatable bonds is 7. The molecule has 1 unspecified atom stereocenters. The number of para-hydroxylation sites is 2. The van der Waals surface area contributed by atoms with Crippen LogP contribution in [0, 0.1) is 0 Å². The summed E-state index contributed by atoms with van der Waals surface area (Å²) < 4.78 is 16.1. The van der Waals surface area contributed by atoms with Crippen LogP contribution in [0.1, 0.15) is 6.92 Å². The Morgan fingerprint density at radius 1 is 0.955 bits per heavy atom. The minimum absolute atomic E-state index is 0.111. The fourth-order valence-corrected chi connectivity index (χ4v) is 1.66. The summed E-state index contributed by atoms with van der Waals surface area (Å²) in [5, 5.41) is 0. The van der Waals surface area contributed by atoms with Gasteiger partial charge in [-0.15, -0.1) is 0 Å². The normalized spacial score (nSPS) is 11.5. The van der Waals surface area contributed by atoms with Crippen LogP contribution in [0.3, 0.4) is 0 Å². The summed E-state index contributed by atoms with van der Waals surface area (Å²) in [7, 11) is 0. The van der Waals surface area contributed by atoms with Crippen molar-refractivity contribution in [1.29, 1.82) is 0 Å². The molecule has 0 aliphatic rings. The van der Waals surface area contributed by atoms with Gasteiger partial charge in [0.1, 0.15) is 23.9 Å². The first-order chi connectivity index (χ1) is 10.6. The summed E-state index contributed by atoms with van der Waals surface area (Å²) in [6.45, 7) is 5.50. The van der Waals surface area contributed by atoms with E-state index in [0.717, 1.165) is 0 Å². The topological polar surface area (TPSA) is 44.8 Å². The zero-order chi connectivity index (χ0) is 15.8. The lowest BCUT2D eigenvalue weighted by Gasteiger charge is -2.14. The average molecular weight is 298 g/mol. The standard InChI is InChI=1S/C18H18O4/c1-14(21-16-9-5-3-6-10-16)13-20-15(2)18(19)22-17-11-7-4-8-12-17/h3-12,15H,1,13H2,2H3. The minimum atomic E-state index is -0.712. The SMILES string of the molecule is C=C(COC(C)C(=O)Oc1ccccc1)Oc1ccccc1. The van der Waals surface area contributed by atoms with Crippen molar-refractivity contribution >= 4 is 5.97 Å². The largest absolute Gasteiger partial charge is 0.460 e. The number of ether oxygens (including phenoxy) is 3. The lowest BCUT2D eigenvalue weighted by molar-refractivity contribution is -0.145. The monoisotopic (exact) mass is 298 g/mol. The molecule has 2 aromatic rings. The van der Waals surface area contributed by atoms with Gasteiger partial charge in [0, 0.05) is 0 Å². The predicted octanol–water partition coefficient (Wildman–Crippen LogP) is 3.59. The predicted molar refractivity (Wildman–Crippen MR) is 83.7 cm³/mol. The molecule has 0 N–H and O–H groups in total. The van der Waals surface area contributed by atoms with Gasteiger partial charge >= 0.3 is 5.97 Å². The highest BCUT2D eigenvalue weighted by Gasteiger charge is 2.16. The molecule has 0 aliphatic heterocycles. The van der Waals surface area contributed by atoms with Crippen LogP contribution in [-0.4, -0.2) is 18.7 Å². The van der Waals surface area contributed by atoms with Crippen molar-refractivity contribution in [3.63, 3.8) is 0 Å². The highest BCUT2D eigenvalue weighted by molar-refractivity contribution is 5.76. The van der Waals surface area contributed by atoms with Crippen molar-refractivity contribution in [1.82, 2.24) is 0 Å². The molecule has 0 spiro atoms. The molecule has 4 nitrogen and oxygen atoms in total. The van der Waals surface area contributed by atoms with Gasteiger partial charge in [0.25, 0.3) is 0 Å². The van der Waals surface area contributed by atoms with Crippen molar-refractivity contribution in [3.05, 3.63) is 73.0 Å². The third-order valence-corrected chi connectivity index (χ3v) is 2.79. The van der Waals surface area contributed by atoms with Crippen LogP contribution >= 0.6 is 0 Å². The van der Waals surface area contributed by atoms with E-state index in [1.54, 1.807) is 31.2 Å². The molecule has 0 aromatic heterocycles. The molecular weight excluding hydrogens is 280 g/mol. The van der Waals surface area contributed by atoms with Gasteiger partial charge < -0.3 is 14.2 Å². The molecule has 0 bridgehead atoms. The van der Waals surface area contributed by atoms with E-state index in [9.17, 15) is 4.79 Å². The van der Waals surface area contributed by atoms with Gasteiger partial charge in [-0.05, 0) is 31.2 Å². The van der Waals surface area contributed by atoms with Crippen LogP contribution in [-0.2, 0) is 9.53 Å². The molecule has 0 aliphatic carbocycles. The van der Waals surface area contributed by atoms with Gasteiger partial charge in [-0.3, -0.25) is 0 Å². The van der Waals surface area contributed by atoms with E-state index in [0.29, 0.717) is 17.3 Å². The third-order valence-electron chi connectivity index (χ3n) is 2.79. The van der Waals surface area contributed by atoms with E-state index < -0.39 is 12.1 Å². The number of carbonyl (C=O) groups is 1. The van der Waals surface area contributed by atoms with Gasteiger partial charge in [-0.1, -0.05) is 43.0 Å². The van der Waals surface area contributed by atoms with Crippen molar-refractivity contribution in [3.8, 4) is 11.5 Å². The van der Waals surface area contributed by atoms with Crippen LogP contribution in [0.15, 0.2) is 73.0 Å². The summed E-state index contributed by atoms with van der Waals surface area (Å²) >= 11 is 0. The quantitative estimate of drug-likeness (QED) is 0.445. The molecule has 2 rings (SSSR count). The van der Waals surface area contributed by atoms with Crippen molar-refractivity contribution in [2.24, 2.45) is 0 Å². The maximum Gasteiger partial charge on any atom is 0.340 e. The van der Waals surface area contributed by atoms with E-state index in [1.165, 1.54) is 0 Å². The summed E-state index contributed by atoms with van der Waals surface area (Å²) in [5.74, 6) is 1.13. The summed E-state index contributed by atoms with van der Waals surface area (Å²) in [6.07, 6.45) is -0.712. The second-order valence-electron chi connectivity index (χ2n) is 4.64. The number of benzene rings is 2. The van der Waals surface area contributed by atoms with Crippen LogP contribution in [0.4, 0.5) is 0 Å². The fourth-order valence-electron chi connectivity index (χ4n) is 1.66. The number of carbonyl (C=O) groups excluding carboxylic acids is 1. The Hall–Kier alpha value is -2.59. The molecule has 1 atom stereocenters. The van der Waals surface area contributed by atoms with Crippen LogP contribution in [0.2, 0.25) is 0 Å². The van der Waals surface area contributed by atoms with Crippen LogP contribution < -0.4 is 9.47 Å². The molecule has 22 heavy (non-hydrogen) atoms. The summed E-state index contributed by atoms with van der Waals surface area (Å²) in [4.78, 5) is 11.9.